The molecule has 1 heterocycles. The van der Waals surface area contributed by atoms with Crippen molar-refractivity contribution in [2.45, 2.75) is 39.7 Å². The Labute approximate surface area is 129 Å². The molecule has 0 spiro atoms. The third-order valence-corrected chi connectivity index (χ3v) is 4.33. The SMILES string of the molecule is CCCNCc1ccccc1OCCN1CCC(CC)C1. The highest BCUT2D eigenvalue weighted by Gasteiger charge is 2.20. The van der Waals surface area contributed by atoms with Gasteiger partial charge in [0.2, 0.25) is 0 Å². The third-order valence-electron chi connectivity index (χ3n) is 4.33. The Hall–Kier alpha value is -1.06. The summed E-state index contributed by atoms with van der Waals surface area (Å²) in [6.45, 7) is 10.8. The molecule has 0 bridgehead atoms. The topological polar surface area (TPSA) is 24.5 Å². The Bertz CT molecular complexity index is 408. The number of ether oxygens (including phenoxy) is 1. The van der Waals surface area contributed by atoms with E-state index in [0.717, 1.165) is 44.3 Å². The Kier molecular flexibility index (Phi) is 7.04. The summed E-state index contributed by atoms with van der Waals surface area (Å²) >= 11 is 0. The number of rotatable bonds is 9. The van der Waals surface area contributed by atoms with Crippen molar-refractivity contribution in [2.75, 3.05) is 32.8 Å². The highest BCUT2D eigenvalue weighted by Crippen LogP contribution is 2.20. The summed E-state index contributed by atoms with van der Waals surface area (Å²) in [6.07, 6.45) is 3.83. The van der Waals surface area contributed by atoms with Crippen LogP contribution >= 0.6 is 0 Å². The maximum atomic E-state index is 6.02. The lowest BCUT2D eigenvalue weighted by atomic mass is 10.1. The molecule has 0 aromatic heterocycles. The van der Waals surface area contributed by atoms with Gasteiger partial charge in [0.25, 0.3) is 0 Å². The number of benzene rings is 1. The van der Waals surface area contributed by atoms with E-state index in [1.807, 2.05) is 0 Å². The molecule has 1 unspecified atom stereocenters. The van der Waals surface area contributed by atoms with Crippen molar-refractivity contribution in [3.05, 3.63) is 29.8 Å². The highest BCUT2D eigenvalue weighted by atomic mass is 16.5. The summed E-state index contributed by atoms with van der Waals surface area (Å²) in [7, 11) is 0. The van der Waals surface area contributed by atoms with E-state index in [-0.39, 0.29) is 0 Å². The molecule has 3 heteroatoms. The largest absolute Gasteiger partial charge is 0.492 e. The second kappa shape index (κ2) is 9.06. The van der Waals surface area contributed by atoms with Crippen molar-refractivity contribution in [2.24, 2.45) is 5.92 Å². The van der Waals surface area contributed by atoms with Crippen molar-refractivity contribution in [1.82, 2.24) is 10.2 Å². The van der Waals surface area contributed by atoms with Gasteiger partial charge in [-0.3, -0.25) is 4.90 Å². The first-order valence-electron chi connectivity index (χ1n) is 8.47. The van der Waals surface area contributed by atoms with Gasteiger partial charge in [0.15, 0.2) is 0 Å². The van der Waals surface area contributed by atoms with Gasteiger partial charge in [-0.1, -0.05) is 38.5 Å². The summed E-state index contributed by atoms with van der Waals surface area (Å²) in [5.74, 6) is 1.93. The Morgan fingerprint density at radius 3 is 2.90 bits per heavy atom. The summed E-state index contributed by atoms with van der Waals surface area (Å²) in [4.78, 5) is 2.53. The van der Waals surface area contributed by atoms with Crippen LogP contribution in [0.2, 0.25) is 0 Å². The zero-order valence-corrected chi connectivity index (χ0v) is 13.6. The average Bonchev–Trinajstić information content (AvgIpc) is 2.97. The fourth-order valence-corrected chi connectivity index (χ4v) is 2.92. The van der Waals surface area contributed by atoms with Gasteiger partial charge in [-0.2, -0.15) is 0 Å². The van der Waals surface area contributed by atoms with Crippen molar-refractivity contribution in [3.8, 4) is 5.75 Å². The molecule has 0 radical (unpaired) electrons. The molecule has 1 atom stereocenters. The van der Waals surface area contributed by atoms with Gasteiger partial charge < -0.3 is 10.1 Å². The van der Waals surface area contributed by atoms with Gasteiger partial charge in [0, 0.05) is 25.2 Å². The molecule has 0 amide bonds. The molecule has 0 saturated carbocycles. The summed E-state index contributed by atoms with van der Waals surface area (Å²) < 4.78 is 6.02. The molecule has 1 aliphatic rings. The van der Waals surface area contributed by atoms with Crippen LogP contribution in [0.25, 0.3) is 0 Å². The molecule has 2 rings (SSSR count). The molecule has 1 aliphatic heterocycles. The van der Waals surface area contributed by atoms with Gasteiger partial charge >= 0.3 is 0 Å². The second-order valence-electron chi connectivity index (χ2n) is 6.00. The number of likely N-dealkylation sites (tertiary alicyclic amines) is 1. The Morgan fingerprint density at radius 2 is 2.14 bits per heavy atom. The molecule has 118 valence electrons. The van der Waals surface area contributed by atoms with Gasteiger partial charge in [-0.05, 0) is 37.9 Å². The Balaban J connectivity index is 1.75. The van der Waals surface area contributed by atoms with Crippen LogP contribution in [-0.4, -0.2) is 37.7 Å². The molecule has 1 aromatic carbocycles. The molecule has 0 aliphatic carbocycles. The van der Waals surface area contributed by atoms with Crippen LogP contribution in [0.3, 0.4) is 0 Å². The minimum Gasteiger partial charge on any atom is -0.492 e. The zero-order valence-electron chi connectivity index (χ0n) is 13.6. The second-order valence-corrected chi connectivity index (χ2v) is 6.00. The lowest BCUT2D eigenvalue weighted by molar-refractivity contribution is 0.231. The lowest BCUT2D eigenvalue weighted by Gasteiger charge is -2.17. The van der Waals surface area contributed by atoms with Crippen LogP contribution in [0.1, 0.15) is 38.7 Å². The maximum Gasteiger partial charge on any atom is 0.123 e. The van der Waals surface area contributed by atoms with Gasteiger partial charge in [0.05, 0.1) is 0 Å². The van der Waals surface area contributed by atoms with E-state index < -0.39 is 0 Å². The van der Waals surface area contributed by atoms with Crippen molar-refractivity contribution in [3.63, 3.8) is 0 Å². The lowest BCUT2D eigenvalue weighted by Crippen LogP contribution is -2.26. The van der Waals surface area contributed by atoms with E-state index in [4.69, 9.17) is 4.74 Å². The van der Waals surface area contributed by atoms with Crippen LogP contribution in [0.15, 0.2) is 24.3 Å². The standard InChI is InChI=1S/C18H30N2O/c1-3-10-19-14-17-7-5-6-8-18(17)21-13-12-20-11-9-16(4-2)15-20/h5-8,16,19H,3-4,9-15H2,1-2H3. The molecule has 21 heavy (non-hydrogen) atoms. The first-order chi connectivity index (χ1) is 10.3. The minimum absolute atomic E-state index is 0.793. The predicted octanol–water partition coefficient (Wildman–Crippen LogP) is 3.30. The monoisotopic (exact) mass is 290 g/mol. The molecule has 1 fully saturated rings. The van der Waals surface area contributed by atoms with E-state index in [0.29, 0.717) is 0 Å². The van der Waals surface area contributed by atoms with Gasteiger partial charge in [0.1, 0.15) is 12.4 Å². The van der Waals surface area contributed by atoms with Crippen LogP contribution in [0.5, 0.6) is 5.75 Å². The maximum absolute atomic E-state index is 6.02. The molecule has 1 saturated heterocycles. The van der Waals surface area contributed by atoms with Crippen molar-refractivity contribution >= 4 is 0 Å². The zero-order chi connectivity index (χ0) is 14.9. The van der Waals surface area contributed by atoms with E-state index >= 15 is 0 Å². The average molecular weight is 290 g/mol. The third kappa shape index (κ3) is 5.33. The van der Waals surface area contributed by atoms with Crippen LogP contribution in [0, 0.1) is 5.92 Å². The predicted molar refractivity (Wildman–Crippen MR) is 88.8 cm³/mol. The number of nitrogens with zero attached hydrogens (tertiary/aromatic N) is 1. The van der Waals surface area contributed by atoms with E-state index in [1.54, 1.807) is 0 Å². The molecule has 1 aromatic rings. The first-order valence-corrected chi connectivity index (χ1v) is 8.47. The number of hydrogen-bond donors (Lipinski definition) is 1. The van der Waals surface area contributed by atoms with Crippen LogP contribution in [0.4, 0.5) is 0 Å². The van der Waals surface area contributed by atoms with Crippen molar-refractivity contribution < 1.29 is 4.74 Å². The fraction of sp³-hybridized carbons (Fsp3) is 0.667. The fourth-order valence-electron chi connectivity index (χ4n) is 2.92. The van der Waals surface area contributed by atoms with Crippen LogP contribution in [-0.2, 0) is 6.54 Å². The molecule has 1 N–H and O–H groups in total. The number of para-hydroxylation sites is 1. The number of nitrogens with one attached hydrogen (secondary N) is 1. The smallest absolute Gasteiger partial charge is 0.123 e. The Morgan fingerprint density at radius 1 is 1.29 bits per heavy atom. The number of hydrogen-bond acceptors (Lipinski definition) is 3. The highest BCUT2D eigenvalue weighted by molar-refractivity contribution is 5.33. The van der Waals surface area contributed by atoms with Crippen LogP contribution < -0.4 is 10.1 Å². The summed E-state index contributed by atoms with van der Waals surface area (Å²) in [5, 5.41) is 3.45. The van der Waals surface area contributed by atoms with E-state index in [9.17, 15) is 0 Å². The van der Waals surface area contributed by atoms with Crippen molar-refractivity contribution in [1.29, 1.82) is 0 Å². The minimum atomic E-state index is 0.793. The molecule has 3 nitrogen and oxygen atoms in total. The summed E-state index contributed by atoms with van der Waals surface area (Å²) in [5.41, 5.74) is 1.26. The van der Waals surface area contributed by atoms with E-state index in [1.165, 1.54) is 31.5 Å². The quantitative estimate of drug-likeness (QED) is 0.706. The van der Waals surface area contributed by atoms with E-state index in [2.05, 4.69) is 48.3 Å². The normalized spacial score (nSPS) is 19.0. The summed E-state index contributed by atoms with van der Waals surface area (Å²) in [6, 6.07) is 8.38. The first kappa shape index (κ1) is 16.3. The molecular weight excluding hydrogens is 260 g/mol. The van der Waals surface area contributed by atoms with Gasteiger partial charge in [-0.25, -0.2) is 0 Å². The van der Waals surface area contributed by atoms with Gasteiger partial charge in [-0.15, -0.1) is 0 Å². The molecular formula is C18H30N2O.